The number of hydrogen-bond acceptors (Lipinski definition) is 6. The Morgan fingerprint density at radius 3 is 2.41 bits per heavy atom. The van der Waals surface area contributed by atoms with Gasteiger partial charge in [-0.1, -0.05) is 23.7 Å². The number of benzene rings is 2. The van der Waals surface area contributed by atoms with Gasteiger partial charge in [0.2, 0.25) is 10.0 Å². The molecule has 29 heavy (non-hydrogen) atoms. The largest absolute Gasteiger partial charge is 0.481 e. The summed E-state index contributed by atoms with van der Waals surface area (Å²) >= 11 is 5.73. The highest BCUT2D eigenvalue weighted by Crippen LogP contribution is 2.25. The maximum Gasteiger partial charge on any atom is 0.304 e. The fourth-order valence-electron chi connectivity index (χ4n) is 2.22. The van der Waals surface area contributed by atoms with Crippen molar-refractivity contribution in [1.82, 2.24) is 4.72 Å². The lowest BCUT2D eigenvalue weighted by atomic mass is 10.1. The van der Waals surface area contributed by atoms with E-state index in [4.69, 9.17) is 16.7 Å². The molecule has 152 valence electrons. The molecule has 0 aromatic heterocycles. The molecule has 0 fully saturated rings. The SMILES string of the molecule is O=C(O)CCNS(=O)(=O)c1ccc(C(=O)/C=C/c2ccc(Cl)c([N+](=O)[O-])c2)cc1. The summed E-state index contributed by atoms with van der Waals surface area (Å²) in [6, 6.07) is 9.14. The third-order valence-corrected chi connectivity index (χ3v) is 5.47. The molecular formula is C18H15ClN2O7S. The fraction of sp³-hybridized carbons (Fsp3) is 0.111. The summed E-state index contributed by atoms with van der Waals surface area (Å²) in [6.07, 6.45) is 2.22. The molecule has 0 aliphatic rings. The van der Waals surface area contributed by atoms with Gasteiger partial charge < -0.3 is 5.11 Å². The van der Waals surface area contributed by atoms with Crippen molar-refractivity contribution in [2.45, 2.75) is 11.3 Å². The molecule has 0 saturated carbocycles. The number of sulfonamides is 1. The maximum atomic E-state index is 12.2. The number of nitrogens with zero attached hydrogens (tertiary/aromatic N) is 1. The van der Waals surface area contributed by atoms with Crippen LogP contribution in [-0.4, -0.2) is 36.7 Å². The molecule has 2 rings (SSSR count). The molecule has 0 bridgehead atoms. The van der Waals surface area contributed by atoms with Crippen molar-refractivity contribution in [1.29, 1.82) is 0 Å². The van der Waals surface area contributed by atoms with Gasteiger partial charge in [-0.2, -0.15) is 0 Å². The van der Waals surface area contributed by atoms with E-state index in [1.54, 1.807) is 0 Å². The Hall–Kier alpha value is -3.08. The Labute approximate surface area is 170 Å². The number of carboxylic acids is 1. The van der Waals surface area contributed by atoms with Gasteiger partial charge in [0.1, 0.15) is 5.02 Å². The number of allylic oxidation sites excluding steroid dienone is 1. The second-order valence-electron chi connectivity index (χ2n) is 5.73. The number of rotatable bonds is 9. The normalized spacial score (nSPS) is 11.5. The third kappa shape index (κ3) is 6.21. The summed E-state index contributed by atoms with van der Waals surface area (Å²) in [5.41, 5.74) is 0.316. The first-order valence-corrected chi connectivity index (χ1v) is 9.94. The average molecular weight is 439 g/mol. The number of carbonyl (C=O) groups is 2. The topological polar surface area (TPSA) is 144 Å². The van der Waals surface area contributed by atoms with Gasteiger partial charge in [0.15, 0.2) is 5.78 Å². The second-order valence-corrected chi connectivity index (χ2v) is 7.91. The Bertz CT molecular complexity index is 1080. The lowest BCUT2D eigenvalue weighted by Crippen LogP contribution is -2.26. The van der Waals surface area contributed by atoms with E-state index in [-0.39, 0.29) is 34.1 Å². The van der Waals surface area contributed by atoms with E-state index in [1.807, 2.05) is 0 Å². The molecule has 9 nitrogen and oxygen atoms in total. The van der Waals surface area contributed by atoms with E-state index < -0.39 is 26.7 Å². The van der Waals surface area contributed by atoms with Gasteiger partial charge in [-0.05, 0) is 42.0 Å². The van der Waals surface area contributed by atoms with Crippen LogP contribution in [0.5, 0.6) is 0 Å². The Morgan fingerprint density at radius 1 is 1.17 bits per heavy atom. The van der Waals surface area contributed by atoms with Gasteiger partial charge in [0, 0.05) is 18.2 Å². The Balaban J connectivity index is 2.11. The zero-order chi connectivity index (χ0) is 21.6. The Morgan fingerprint density at radius 2 is 1.83 bits per heavy atom. The van der Waals surface area contributed by atoms with E-state index >= 15 is 0 Å². The van der Waals surface area contributed by atoms with Crippen LogP contribution in [0.15, 0.2) is 53.4 Å². The minimum absolute atomic E-state index is 0.0211. The molecule has 0 unspecified atom stereocenters. The highest BCUT2D eigenvalue weighted by Gasteiger charge is 2.15. The van der Waals surface area contributed by atoms with Crippen LogP contribution < -0.4 is 4.72 Å². The van der Waals surface area contributed by atoms with Crippen LogP contribution >= 0.6 is 11.6 Å². The zero-order valence-electron chi connectivity index (χ0n) is 14.7. The summed E-state index contributed by atoms with van der Waals surface area (Å²) in [4.78, 5) is 32.8. The van der Waals surface area contributed by atoms with Crippen molar-refractivity contribution in [2.75, 3.05) is 6.54 Å². The lowest BCUT2D eigenvalue weighted by Gasteiger charge is -2.06. The predicted octanol–water partition coefficient (Wildman–Crippen LogP) is 2.90. The molecule has 11 heteroatoms. The standard InChI is InChI=1S/C18H15ClN2O7S/c19-15-7-1-12(11-16(15)21(25)26)2-8-17(22)13-3-5-14(6-4-13)29(27,28)20-10-9-18(23)24/h1-8,11,20H,9-10H2,(H,23,24)/b8-2+. The minimum atomic E-state index is -3.89. The molecule has 0 atom stereocenters. The van der Waals surface area contributed by atoms with Crippen molar-refractivity contribution in [2.24, 2.45) is 0 Å². The first-order valence-electron chi connectivity index (χ1n) is 8.08. The number of nitro groups is 1. The quantitative estimate of drug-likeness (QED) is 0.265. The maximum absolute atomic E-state index is 12.2. The molecule has 2 aromatic rings. The van der Waals surface area contributed by atoms with Crippen LogP contribution in [0.3, 0.4) is 0 Å². The van der Waals surface area contributed by atoms with Gasteiger partial charge in [-0.15, -0.1) is 0 Å². The number of halogens is 1. The number of hydrogen-bond donors (Lipinski definition) is 2. The number of ketones is 1. The van der Waals surface area contributed by atoms with Crippen LogP contribution in [0, 0.1) is 10.1 Å². The van der Waals surface area contributed by atoms with Crippen molar-refractivity contribution in [3.8, 4) is 0 Å². The molecule has 0 aliphatic carbocycles. The Kier molecular flexibility index (Phi) is 7.21. The lowest BCUT2D eigenvalue weighted by molar-refractivity contribution is -0.384. The third-order valence-electron chi connectivity index (χ3n) is 3.67. The second kappa shape index (κ2) is 9.41. The smallest absolute Gasteiger partial charge is 0.304 e. The molecule has 0 heterocycles. The number of nitrogens with one attached hydrogen (secondary N) is 1. The summed E-state index contributed by atoms with van der Waals surface area (Å²) in [5, 5.41) is 19.4. The number of nitro benzene ring substituents is 1. The monoisotopic (exact) mass is 438 g/mol. The number of aliphatic carboxylic acids is 1. The molecule has 0 spiro atoms. The van der Waals surface area contributed by atoms with Crippen molar-refractivity contribution in [3.63, 3.8) is 0 Å². The van der Waals surface area contributed by atoms with Gasteiger partial charge in [-0.25, -0.2) is 13.1 Å². The molecule has 2 N–H and O–H groups in total. The predicted molar refractivity (Wildman–Crippen MR) is 105 cm³/mol. The van der Waals surface area contributed by atoms with E-state index in [1.165, 1.54) is 54.6 Å². The van der Waals surface area contributed by atoms with Crippen LogP contribution in [0.4, 0.5) is 5.69 Å². The highest BCUT2D eigenvalue weighted by atomic mass is 35.5. The molecule has 0 aliphatic heterocycles. The van der Waals surface area contributed by atoms with Crippen LogP contribution in [-0.2, 0) is 14.8 Å². The van der Waals surface area contributed by atoms with Crippen molar-refractivity contribution >= 4 is 45.1 Å². The van der Waals surface area contributed by atoms with Crippen LogP contribution in [0.25, 0.3) is 6.08 Å². The van der Waals surface area contributed by atoms with Gasteiger partial charge >= 0.3 is 5.97 Å². The van der Waals surface area contributed by atoms with Crippen molar-refractivity contribution in [3.05, 3.63) is 74.8 Å². The fourth-order valence-corrected chi connectivity index (χ4v) is 3.43. The van der Waals surface area contributed by atoms with Crippen LogP contribution in [0.1, 0.15) is 22.3 Å². The van der Waals surface area contributed by atoms with E-state index in [0.717, 1.165) is 0 Å². The summed E-state index contributed by atoms with van der Waals surface area (Å²) in [6.45, 7) is -0.256. The summed E-state index contributed by atoms with van der Waals surface area (Å²) in [5.74, 6) is -1.57. The summed E-state index contributed by atoms with van der Waals surface area (Å²) in [7, 11) is -3.89. The first kappa shape index (κ1) is 22.2. The van der Waals surface area contributed by atoms with Gasteiger partial charge in [-0.3, -0.25) is 19.7 Å². The zero-order valence-corrected chi connectivity index (χ0v) is 16.3. The first-order chi connectivity index (χ1) is 13.6. The molecule has 0 radical (unpaired) electrons. The average Bonchev–Trinajstić information content (AvgIpc) is 2.66. The molecule has 0 saturated heterocycles. The molecule has 2 aromatic carbocycles. The highest BCUT2D eigenvalue weighted by molar-refractivity contribution is 7.89. The van der Waals surface area contributed by atoms with E-state index in [9.17, 15) is 28.1 Å². The number of carboxylic acid groups (broad SMARTS) is 1. The minimum Gasteiger partial charge on any atom is -0.481 e. The molecular weight excluding hydrogens is 424 g/mol. The number of carbonyl (C=O) groups excluding carboxylic acids is 1. The van der Waals surface area contributed by atoms with E-state index in [2.05, 4.69) is 4.72 Å². The van der Waals surface area contributed by atoms with E-state index in [0.29, 0.717) is 5.56 Å². The van der Waals surface area contributed by atoms with Gasteiger partial charge in [0.25, 0.3) is 5.69 Å². The van der Waals surface area contributed by atoms with Gasteiger partial charge in [0.05, 0.1) is 16.2 Å². The summed E-state index contributed by atoms with van der Waals surface area (Å²) < 4.78 is 26.2. The van der Waals surface area contributed by atoms with Crippen molar-refractivity contribution < 1.29 is 28.0 Å². The van der Waals surface area contributed by atoms with Crippen LogP contribution in [0.2, 0.25) is 5.02 Å². The molecule has 0 amide bonds.